The Morgan fingerprint density at radius 1 is 1.18 bits per heavy atom. The van der Waals surface area contributed by atoms with Gasteiger partial charge in [0.05, 0.1) is 19.3 Å². The van der Waals surface area contributed by atoms with E-state index >= 15 is 0 Å². The summed E-state index contributed by atoms with van der Waals surface area (Å²) >= 11 is 0. The van der Waals surface area contributed by atoms with Crippen molar-refractivity contribution in [3.8, 4) is 0 Å². The van der Waals surface area contributed by atoms with E-state index in [1.807, 2.05) is 42.5 Å². The molecule has 2 aromatic rings. The van der Waals surface area contributed by atoms with Crippen LogP contribution in [0.3, 0.4) is 0 Å². The van der Waals surface area contributed by atoms with Gasteiger partial charge in [-0.2, -0.15) is 0 Å². The molecular formula is C17H20N2O3. The zero-order valence-corrected chi connectivity index (χ0v) is 12.4. The highest BCUT2D eigenvalue weighted by Gasteiger charge is 2.17. The van der Waals surface area contributed by atoms with Crippen LogP contribution in [0.1, 0.15) is 11.7 Å². The van der Waals surface area contributed by atoms with Crippen LogP contribution in [0.25, 0.3) is 10.8 Å². The number of aliphatic hydroxyl groups excluding tert-OH is 1. The third kappa shape index (κ3) is 3.37. The fourth-order valence-electron chi connectivity index (χ4n) is 2.60. The molecule has 1 saturated heterocycles. The molecule has 0 aliphatic carbocycles. The summed E-state index contributed by atoms with van der Waals surface area (Å²) in [6, 6.07) is 13.7. The first-order valence-electron chi connectivity index (χ1n) is 7.51. The van der Waals surface area contributed by atoms with Crippen LogP contribution in [0.15, 0.2) is 42.5 Å². The average molecular weight is 300 g/mol. The van der Waals surface area contributed by atoms with E-state index in [2.05, 4.69) is 5.32 Å². The van der Waals surface area contributed by atoms with Crippen molar-refractivity contribution in [1.82, 2.24) is 10.2 Å². The topological polar surface area (TPSA) is 61.8 Å². The molecule has 2 N–H and O–H groups in total. The monoisotopic (exact) mass is 300 g/mol. The number of benzene rings is 2. The van der Waals surface area contributed by atoms with Crippen LogP contribution in [0.2, 0.25) is 0 Å². The van der Waals surface area contributed by atoms with Crippen molar-refractivity contribution in [2.45, 2.75) is 6.10 Å². The molecule has 1 unspecified atom stereocenters. The number of rotatable bonds is 3. The van der Waals surface area contributed by atoms with E-state index in [1.165, 1.54) is 0 Å². The standard InChI is InChI=1S/C17H20N2O3/c20-16(12-18-17(21)19-7-9-22-10-8-19)15-6-5-13-3-1-2-4-14(13)11-15/h1-6,11,16,20H,7-10,12H2,(H,18,21). The summed E-state index contributed by atoms with van der Waals surface area (Å²) in [5.74, 6) is 0. The highest BCUT2D eigenvalue weighted by molar-refractivity contribution is 5.83. The molecule has 2 amide bonds. The molecular weight excluding hydrogens is 280 g/mol. The Morgan fingerprint density at radius 3 is 2.68 bits per heavy atom. The fourth-order valence-corrected chi connectivity index (χ4v) is 2.60. The molecule has 1 aliphatic rings. The van der Waals surface area contributed by atoms with Gasteiger partial charge in [0.1, 0.15) is 0 Å². The summed E-state index contributed by atoms with van der Waals surface area (Å²) in [4.78, 5) is 13.7. The summed E-state index contributed by atoms with van der Waals surface area (Å²) in [7, 11) is 0. The van der Waals surface area contributed by atoms with Crippen molar-refractivity contribution in [3.05, 3.63) is 48.0 Å². The van der Waals surface area contributed by atoms with E-state index < -0.39 is 6.10 Å². The van der Waals surface area contributed by atoms with Gasteiger partial charge in [0.2, 0.25) is 0 Å². The van der Waals surface area contributed by atoms with Crippen molar-refractivity contribution in [3.63, 3.8) is 0 Å². The van der Waals surface area contributed by atoms with E-state index in [-0.39, 0.29) is 12.6 Å². The Kier molecular flexibility index (Phi) is 4.56. The van der Waals surface area contributed by atoms with Gasteiger partial charge in [0, 0.05) is 19.6 Å². The van der Waals surface area contributed by atoms with Gasteiger partial charge in [-0.15, -0.1) is 0 Å². The predicted molar refractivity (Wildman–Crippen MR) is 84.7 cm³/mol. The minimum atomic E-state index is -0.713. The molecule has 116 valence electrons. The van der Waals surface area contributed by atoms with Gasteiger partial charge >= 0.3 is 6.03 Å². The van der Waals surface area contributed by atoms with Gasteiger partial charge in [-0.3, -0.25) is 0 Å². The van der Waals surface area contributed by atoms with Gasteiger partial charge in [0.25, 0.3) is 0 Å². The van der Waals surface area contributed by atoms with E-state index in [1.54, 1.807) is 4.90 Å². The molecule has 1 atom stereocenters. The van der Waals surface area contributed by atoms with E-state index in [0.29, 0.717) is 26.3 Å². The third-order valence-corrected chi connectivity index (χ3v) is 3.90. The number of hydrogen-bond acceptors (Lipinski definition) is 3. The van der Waals surface area contributed by atoms with Crippen LogP contribution in [0.5, 0.6) is 0 Å². The maximum atomic E-state index is 12.0. The molecule has 3 rings (SSSR count). The first-order chi connectivity index (χ1) is 10.7. The largest absolute Gasteiger partial charge is 0.387 e. The Bertz CT molecular complexity index is 653. The number of morpholine rings is 1. The number of amides is 2. The summed E-state index contributed by atoms with van der Waals surface area (Å²) in [6.45, 7) is 2.53. The zero-order valence-electron chi connectivity index (χ0n) is 12.4. The molecule has 22 heavy (non-hydrogen) atoms. The van der Waals surface area contributed by atoms with Crippen molar-refractivity contribution in [1.29, 1.82) is 0 Å². The van der Waals surface area contributed by atoms with Gasteiger partial charge < -0.3 is 20.1 Å². The first kappa shape index (κ1) is 14.8. The maximum absolute atomic E-state index is 12.0. The highest BCUT2D eigenvalue weighted by Crippen LogP contribution is 2.20. The number of hydrogen-bond donors (Lipinski definition) is 2. The van der Waals surface area contributed by atoms with Gasteiger partial charge in [-0.25, -0.2) is 4.79 Å². The summed E-state index contributed by atoms with van der Waals surface area (Å²) in [5.41, 5.74) is 0.806. The van der Waals surface area contributed by atoms with Crippen LogP contribution in [-0.2, 0) is 4.74 Å². The fraction of sp³-hybridized carbons (Fsp3) is 0.353. The van der Waals surface area contributed by atoms with Crippen LogP contribution in [0.4, 0.5) is 4.79 Å². The number of carbonyl (C=O) groups excluding carboxylic acids is 1. The van der Waals surface area contributed by atoms with E-state index in [4.69, 9.17) is 4.74 Å². The molecule has 1 aliphatic heterocycles. The molecule has 1 heterocycles. The number of fused-ring (bicyclic) bond motifs is 1. The Morgan fingerprint density at radius 2 is 1.91 bits per heavy atom. The van der Waals surface area contributed by atoms with Crippen LogP contribution in [-0.4, -0.2) is 48.9 Å². The zero-order chi connectivity index (χ0) is 15.4. The number of carbonyl (C=O) groups is 1. The first-order valence-corrected chi connectivity index (χ1v) is 7.51. The SMILES string of the molecule is O=C(NCC(O)c1ccc2ccccc2c1)N1CCOCC1. The van der Waals surface area contributed by atoms with Crippen molar-refractivity contribution in [2.24, 2.45) is 0 Å². The smallest absolute Gasteiger partial charge is 0.317 e. The normalized spacial score (nSPS) is 16.5. The second-order valence-electron chi connectivity index (χ2n) is 5.41. The molecule has 0 bridgehead atoms. The van der Waals surface area contributed by atoms with E-state index in [9.17, 15) is 9.90 Å². The average Bonchev–Trinajstić information content (AvgIpc) is 2.59. The predicted octanol–water partition coefficient (Wildman–Crippen LogP) is 1.92. The van der Waals surface area contributed by atoms with Crippen LogP contribution < -0.4 is 5.32 Å². The van der Waals surface area contributed by atoms with Gasteiger partial charge in [-0.05, 0) is 22.4 Å². The van der Waals surface area contributed by atoms with Crippen molar-refractivity contribution in [2.75, 3.05) is 32.8 Å². The summed E-state index contributed by atoms with van der Waals surface area (Å²) < 4.78 is 5.21. The lowest BCUT2D eigenvalue weighted by molar-refractivity contribution is 0.0521. The minimum absolute atomic E-state index is 0.150. The Balaban J connectivity index is 1.60. The maximum Gasteiger partial charge on any atom is 0.317 e. The molecule has 0 saturated carbocycles. The number of nitrogens with one attached hydrogen (secondary N) is 1. The Labute approximate surface area is 129 Å². The molecule has 0 aromatic heterocycles. The van der Waals surface area contributed by atoms with Crippen molar-refractivity contribution >= 4 is 16.8 Å². The lowest BCUT2D eigenvalue weighted by Crippen LogP contribution is -2.47. The van der Waals surface area contributed by atoms with Crippen LogP contribution >= 0.6 is 0 Å². The van der Waals surface area contributed by atoms with Gasteiger partial charge in [-0.1, -0.05) is 36.4 Å². The highest BCUT2D eigenvalue weighted by atomic mass is 16.5. The molecule has 1 fully saturated rings. The summed E-state index contributed by atoms with van der Waals surface area (Å²) in [5, 5.41) is 15.3. The van der Waals surface area contributed by atoms with E-state index in [0.717, 1.165) is 16.3 Å². The summed E-state index contributed by atoms with van der Waals surface area (Å²) in [6.07, 6.45) is -0.713. The molecule has 0 spiro atoms. The number of nitrogens with zero attached hydrogens (tertiary/aromatic N) is 1. The second kappa shape index (κ2) is 6.77. The van der Waals surface area contributed by atoms with Gasteiger partial charge in [0.15, 0.2) is 0 Å². The molecule has 0 radical (unpaired) electrons. The quantitative estimate of drug-likeness (QED) is 0.910. The molecule has 5 heteroatoms. The number of ether oxygens (including phenoxy) is 1. The van der Waals surface area contributed by atoms with Crippen LogP contribution in [0, 0.1) is 0 Å². The Hall–Kier alpha value is -2.11. The van der Waals surface area contributed by atoms with Crippen molar-refractivity contribution < 1.29 is 14.6 Å². The molecule has 5 nitrogen and oxygen atoms in total. The lowest BCUT2D eigenvalue weighted by atomic mass is 10.0. The second-order valence-corrected chi connectivity index (χ2v) is 5.41. The molecule has 2 aromatic carbocycles. The number of urea groups is 1. The number of aliphatic hydroxyl groups is 1. The third-order valence-electron chi connectivity index (χ3n) is 3.90. The lowest BCUT2D eigenvalue weighted by Gasteiger charge is -2.27. The minimum Gasteiger partial charge on any atom is -0.387 e.